The van der Waals surface area contributed by atoms with E-state index in [9.17, 15) is 13.2 Å². The van der Waals surface area contributed by atoms with Crippen LogP contribution in [0.15, 0.2) is 89.7 Å². The lowest BCUT2D eigenvalue weighted by molar-refractivity contribution is -0.117. The Labute approximate surface area is 190 Å². The van der Waals surface area contributed by atoms with Crippen LogP contribution in [0.4, 0.5) is 10.8 Å². The zero-order chi connectivity index (χ0) is 22.3. The molecule has 4 aromatic rings. The third-order valence-electron chi connectivity index (χ3n) is 5.37. The first-order valence-corrected chi connectivity index (χ1v) is 12.3. The van der Waals surface area contributed by atoms with Crippen LogP contribution in [0.25, 0.3) is 22.0 Å². The molecule has 8 heteroatoms. The quantitative estimate of drug-likeness (QED) is 0.391. The summed E-state index contributed by atoms with van der Waals surface area (Å²) in [4.78, 5) is 19.7. The Bertz CT molecular complexity index is 1440. The van der Waals surface area contributed by atoms with Crippen molar-refractivity contribution in [1.82, 2.24) is 4.98 Å². The van der Waals surface area contributed by atoms with Crippen LogP contribution in [0.2, 0.25) is 0 Å². The number of hydrogen-bond acceptors (Lipinski definition) is 5. The summed E-state index contributed by atoms with van der Waals surface area (Å²) in [5.41, 5.74) is 2.23. The molecule has 32 heavy (non-hydrogen) atoms. The molecule has 0 saturated heterocycles. The topological polar surface area (TPSA) is 70.6 Å². The highest BCUT2D eigenvalue weighted by Gasteiger charge is 2.37. The molecule has 5 rings (SSSR count). The number of benzene rings is 3. The van der Waals surface area contributed by atoms with Gasteiger partial charge in [-0.1, -0.05) is 60.7 Å². The number of carbonyl (C=O) groups is 1. The van der Waals surface area contributed by atoms with Gasteiger partial charge >= 0.3 is 0 Å². The number of nitrogens with zero attached hydrogens (tertiary/aromatic N) is 3. The molecule has 6 nitrogen and oxygen atoms in total. The Morgan fingerprint density at radius 1 is 1.06 bits per heavy atom. The highest BCUT2D eigenvalue weighted by molar-refractivity contribution is 7.93. The van der Waals surface area contributed by atoms with Gasteiger partial charge in [-0.25, -0.2) is 13.4 Å². The summed E-state index contributed by atoms with van der Waals surface area (Å²) < 4.78 is 27.6. The second kappa shape index (κ2) is 7.89. The normalized spacial score (nSPS) is 13.9. The van der Waals surface area contributed by atoms with E-state index in [1.54, 1.807) is 30.3 Å². The standard InChI is InChI=1S/C24H19N3O3S2/c1-2-14-26(24-25-19(16-31-24)17-8-4-3-5-9-17)22(28)15-27-20-12-6-10-18-11-7-13-21(23(18)20)32(27,29)30/h2-13,16H,1,14-15H2. The van der Waals surface area contributed by atoms with Crippen LogP contribution in [-0.4, -0.2) is 32.4 Å². The molecule has 0 atom stereocenters. The minimum absolute atomic E-state index is 0.228. The fourth-order valence-electron chi connectivity index (χ4n) is 3.88. The minimum atomic E-state index is -3.82. The first-order chi connectivity index (χ1) is 15.5. The molecule has 0 saturated carbocycles. The molecule has 0 unspecified atom stereocenters. The smallest absolute Gasteiger partial charge is 0.265 e. The Kier molecular flexibility index (Phi) is 5.03. The number of hydrogen-bond donors (Lipinski definition) is 0. The van der Waals surface area contributed by atoms with Crippen LogP contribution in [0.1, 0.15) is 0 Å². The van der Waals surface area contributed by atoms with E-state index in [0.29, 0.717) is 16.2 Å². The van der Waals surface area contributed by atoms with E-state index in [1.807, 2.05) is 47.8 Å². The predicted octanol–water partition coefficient (Wildman–Crippen LogP) is 4.69. The van der Waals surface area contributed by atoms with E-state index in [-0.39, 0.29) is 23.9 Å². The van der Waals surface area contributed by atoms with Crippen molar-refractivity contribution in [2.75, 3.05) is 22.3 Å². The molecule has 1 aliphatic heterocycles. The summed E-state index contributed by atoms with van der Waals surface area (Å²) in [7, 11) is -3.82. The van der Waals surface area contributed by atoms with E-state index in [1.165, 1.54) is 20.5 Å². The van der Waals surface area contributed by atoms with Crippen molar-refractivity contribution >= 4 is 48.9 Å². The van der Waals surface area contributed by atoms with Gasteiger partial charge in [-0.2, -0.15) is 0 Å². The SMILES string of the molecule is C=CCN(C(=O)CN1c2cccc3cccc(c23)S1(=O)=O)c1nc(-c2ccccc2)cs1. The summed E-state index contributed by atoms with van der Waals surface area (Å²) in [6, 6.07) is 20.3. The van der Waals surface area contributed by atoms with Crippen LogP contribution in [0.3, 0.4) is 0 Å². The van der Waals surface area contributed by atoms with E-state index in [4.69, 9.17) is 0 Å². The van der Waals surface area contributed by atoms with E-state index in [2.05, 4.69) is 11.6 Å². The highest BCUT2D eigenvalue weighted by Crippen LogP contribution is 2.42. The summed E-state index contributed by atoms with van der Waals surface area (Å²) in [5, 5.41) is 3.87. The van der Waals surface area contributed by atoms with Gasteiger partial charge in [-0.15, -0.1) is 17.9 Å². The van der Waals surface area contributed by atoms with Crippen molar-refractivity contribution in [3.05, 3.63) is 84.8 Å². The van der Waals surface area contributed by atoms with Gasteiger partial charge in [0.25, 0.3) is 10.0 Å². The zero-order valence-corrected chi connectivity index (χ0v) is 18.6. The van der Waals surface area contributed by atoms with E-state index < -0.39 is 10.0 Å². The maximum Gasteiger partial charge on any atom is 0.265 e. The average molecular weight is 462 g/mol. The average Bonchev–Trinajstić information content (AvgIpc) is 3.37. The molecule has 1 amide bonds. The number of amides is 1. The van der Waals surface area contributed by atoms with Crippen molar-refractivity contribution < 1.29 is 13.2 Å². The Balaban J connectivity index is 1.48. The van der Waals surface area contributed by atoms with Crippen LogP contribution in [-0.2, 0) is 14.8 Å². The van der Waals surface area contributed by atoms with E-state index >= 15 is 0 Å². The van der Waals surface area contributed by atoms with Gasteiger partial charge in [-0.05, 0) is 17.5 Å². The molecule has 0 spiro atoms. The van der Waals surface area contributed by atoms with Gasteiger partial charge in [0.15, 0.2) is 5.13 Å². The molecule has 1 aromatic heterocycles. The Hall–Kier alpha value is -3.49. The highest BCUT2D eigenvalue weighted by atomic mass is 32.2. The maximum absolute atomic E-state index is 13.3. The van der Waals surface area contributed by atoms with Gasteiger partial charge in [0, 0.05) is 22.9 Å². The number of aromatic nitrogens is 1. The van der Waals surface area contributed by atoms with Crippen LogP contribution in [0, 0.1) is 0 Å². The first-order valence-electron chi connectivity index (χ1n) is 9.97. The number of thiazole rings is 1. The molecule has 1 aliphatic rings. The summed E-state index contributed by atoms with van der Waals surface area (Å²) in [6.07, 6.45) is 1.61. The lowest BCUT2D eigenvalue weighted by Gasteiger charge is -2.23. The maximum atomic E-state index is 13.3. The number of carbonyl (C=O) groups excluding carboxylic acids is 1. The lowest BCUT2D eigenvalue weighted by Crippen LogP contribution is -2.42. The number of sulfonamides is 1. The second-order valence-electron chi connectivity index (χ2n) is 7.32. The Morgan fingerprint density at radius 3 is 2.56 bits per heavy atom. The second-order valence-corrected chi connectivity index (χ2v) is 9.98. The van der Waals surface area contributed by atoms with Gasteiger partial charge in [0.2, 0.25) is 5.91 Å². The fourth-order valence-corrected chi connectivity index (χ4v) is 6.40. The van der Waals surface area contributed by atoms with Gasteiger partial charge in [-0.3, -0.25) is 14.0 Å². The molecule has 3 aromatic carbocycles. The molecule has 0 bridgehead atoms. The van der Waals surface area contributed by atoms with E-state index in [0.717, 1.165) is 16.6 Å². The molecule has 160 valence electrons. The van der Waals surface area contributed by atoms with Crippen molar-refractivity contribution in [3.63, 3.8) is 0 Å². The number of rotatable bonds is 6. The van der Waals surface area contributed by atoms with Crippen molar-refractivity contribution in [2.45, 2.75) is 4.90 Å². The first kappa shape index (κ1) is 20.4. The minimum Gasteiger partial charge on any atom is -0.283 e. The zero-order valence-electron chi connectivity index (χ0n) is 17.0. The van der Waals surface area contributed by atoms with Crippen molar-refractivity contribution in [1.29, 1.82) is 0 Å². The fraction of sp³-hybridized carbons (Fsp3) is 0.0833. The van der Waals surface area contributed by atoms with Crippen LogP contribution < -0.4 is 9.21 Å². The summed E-state index contributed by atoms with van der Waals surface area (Å²) in [5.74, 6) is -0.368. The third-order valence-corrected chi connectivity index (χ3v) is 8.03. The van der Waals surface area contributed by atoms with Gasteiger partial charge in [0.1, 0.15) is 6.54 Å². The molecular weight excluding hydrogens is 442 g/mol. The number of anilines is 2. The van der Waals surface area contributed by atoms with Crippen LogP contribution >= 0.6 is 11.3 Å². The third kappa shape index (κ3) is 3.28. The molecule has 2 heterocycles. The Morgan fingerprint density at radius 2 is 1.81 bits per heavy atom. The molecule has 0 fully saturated rings. The van der Waals surface area contributed by atoms with Gasteiger partial charge < -0.3 is 0 Å². The predicted molar refractivity (Wildman–Crippen MR) is 129 cm³/mol. The summed E-state index contributed by atoms with van der Waals surface area (Å²) in [6.45, 7) is 3.66. The molecule has 0 N–H and O–H groups in total. The lowest BCUT2D eigenvalue weighted by atomic mass is 10.1. The van der Waals surface area contributed by atoms with Crippen molar-refractivity contribution in [3.8, 4) is 11.3 Å². The van der Waals surface area contributed by atoms with Gasteiger partial charge in [0.05, 0.1) is 16.3 Å². The largest absolute Gasteiger partial charge is 0.283 e. The van der Waals surface area contributed by atoms with Crippen molar-refractivity contribution in [2.24, 2.45) is 0 Å². The monoisotopic (exact) mass is 461 g/mol. The molecule has 0 radical (unpaired) electrons. The molecule has 0 aliphatic carbocycles. The summed E-state index contributed by atoms with van der Waals surface area (Å²) >= 11 is 1.34. The molecular formula is C24H19N3O3S2. The van der Waals surface area contributed by atoms with Crippen LogP contribution in [0.5, 0.6) is 0 Å².